The second-order valence-electron chi connectivity index (χ2n) is 5.21. The molecule has 7 heteroatoms. The van der Waals surface area contributed by atoms with Gasteiger partial charge in [0.15, 0.2) is 0 Å². The van der Waals surface area contributed by atoms with Crippen LogP contribution >= 0.6 is 0 Å². The molecule has 124 valence electrons. The van der Waals surface area contributed by atoms with Crippen LogP contribution < -0.4 is 4.18 Å². The summed E-state index contributed by atoms with van der Waals surface area (Å²) in [7, 11) is -2.05. The highest BCUT2D eigenvalue weighted by Gasteiger charge is 2.18. The van der Waals surface area contributed by atoms with E-state index < -0.39 is 15.4 Å². The van der Waals surface area contributed by atoms with Crippen LogP contribution in [0.15, 0.2) is 24.3 Å². The van der Waals surface area contributed by atoms with E-state index in [4.69, 9.17) is 8.92 Å². The van der Waals surface area contributed by atoms with Crippen molar-refractivity contribution in [3.63, 3.8) is 0 Å². The number of methoxy groups -OCH3 is 1. The Kier molecular flexibility index (Phi) is 6.83. The van der Waals surface area contributed by atoms with Crippen LogP contribution in [0.5, 0.6) is 5.75 Å². The fourth-order valence-corrected chi connectivity index (χ4v) is 2.26. The van der Waals surface area contributed by atoms with E-state index in [1.54, 1.807) is 44.1 Å². The van der Waals surface area contributed by atoms with Crippen molar-refractivity contribution < 1.29 is 22.1 Å². The molecule has 1 amide bonds. The van der Waals surface area contributed by atoms with Crippen molar-refractivity contribution in [3.05, 3.63) is 29.8 Å². The lowest BCUT2D eigenvalue weighted by molar-refractivity contribution is -0.130. The van der Waals surface area contributed by atoms with Gasteiger partial charge in [-0.05, 0) is 31.5 Å². The van der Waals surface area contributed by atoms with Crippen molar-refractivity contribution in [2.24, 2.45) is 0 Å². The van der Waals surface area contributed by atoms with E-state index in [1.165, 1.54) is 6.92 Å². The van der Waals surface area contributed by atoms with Crippen molar-refractivity contribution in [1.29, 1.82) is 0 Å². The molecule has 0 saturated carbocycles. The summed E-state index contributed by atoms with van der Waals surface area (Å²) < 4.78 is 33.6. The maximum atomic E-state index is 11.8. The number of benzene rings is 1. The van der Waals surface area contributed by atoms with Gasteiger partial charge in [-0.15, -0.1) is 0 Å². The molecule has 0 aliphatic rings. The van der Waals surface area contributed by atoms with Crippen LogP contribution in [-0.2, 0) is 26.2 Å². The van der Waals surface area contributed by atoms with Gasteiger partial charge in [-0.2, -0.15) is 8.42 Å². The van der Waals surface area contributed by atoms with Crippen LogP contribution in [0.4, 0.5) is 0 Å². The molecular weight excluding hydrogens is 306 g/mol. The zero-order chi connectivity index (χ0) is 16.8. The lowest BCUT2D eigenvalue weighted by Crippen LogP contribution is -2.31. The van der Waals surface area contributed by atoms with Gasteiger partial charge in [-0.25, -0.2) is 0 Å². The van der Waals surface area contributed by atoms with Crippen LogP contribution in [0.3, 0.4) is 0 Å². The summed E-state index contributed by atoms with van der Waals surface area (Å²) in [6.07, 6.45) is 0. The first-order chi connectivity index (χ1) is 10.3. The van der Waals surface area contributed by atoms with Gasteiger partial charge in [-0.3, -0.25) is 4.79 Å². The third-order valence-electron chi connectivity index (χ3n) is 3.07. The lowest BCUT2D eigenvalue weighted by Gasteiger charge is -2.21. The predicted molar refractivity (Wildman–Crippen MR) is 84.1 cm³/mol. The SMILES string of the molecule is COCCN(Cc1cccc(OS(=O)(=O)C(C)C)c1)C(C)=O. The summed E-state index contributed by atoms with van der Waals surface area (Å²) >= 11 is 0. The van der Waals surface area contributed by atoms with Crippen LogP contribution in [0.2, 0.25) is 0 Å². The summed E-state index contributed by atoms with van der Waals surface area (Å²) in [6.45, 7) is 5.89. The molecule has 22 heavy (non-hydrogen) atoms. The maximum Gasteiger partial charge on any atom is 0.311 e. The van der Waals surface area contributed by atoms with Gasteiger partial charge < -0.3 is 13.8 Å². The Labute approximate surface area is 132 Å². The molecule has 0 aliphatic carbocycles. The number of hydrogen-bond donors (Lipinski definition) is 0. The van der Waals surface area contributed by atoms with Gasteiger partial charge >= 0.3 is 10.1 Å². The molecule has 0 saturated heterocycles. The molecule has 6 nitrogen and oxygen atoms in total. The van der Waals surface area contributed by atoms with Crippen molar-refractivity contribution in [2.75, 3.05) is 20.3 Å². The van der Waals surface area contributed by atoms with E-state index >= 15 is 0 Å². The summed E-state index contributed by atoms with van der Waals surface area (Å²) in [5, 5.41) is -0.619. The molecule has 0 bridgehead atoms. The van der Waals surface area contributed by atoms with E-state index in [9.17, 15) is 13.2 Å². The van der Waals surface area contributed by atoms with Gasteiger partial charge in [0.2, 0.25) is 5.91 Å². The quantitative estimate of drug-likeness (QED) is 0.680. The largest absolute Gasteiger partial charge is 0.383 e. The molecule has 0 unspecified atom stereocenters. The standard InChI is InChI=1S/C15H23NO5S/c1-12(2)22(18,19)21-15-7-5-6-14(10-15)11-16(13(3)17)8-9-20-4/h5-7,10,12H,8-9,11H2,1-4H3. The Morgan fingerprint density at radius 3 is 2.55 bits per heavy atom. The third kappa shape index (κ3) is 5.65. The van der Waals surface area contributed by atoms with Crippen molar-refractivity contribution in [3.8, 4) is 5.75 Å². The van der Waals surface area contributed by atoms with Gasteiger partial charge in [-0.1, -0.05) is 12.1 Å². The van der Waals surface area contributed by atoms with Gasteiger partial charge in [0.25, 0.3) is 0 Å². The normalized spacial score (nSPS) is 11.5. The molecule has 0 aliphatic heterocycles. The zero-order valence-corrected chi connectivity index (χ0v) is 14.2. The molecular formula is C15H23NO5S. The topological polar surface area (TPSA) is 72.9 Å². The smallest absolute Gasteiger partial charge is 0.311 e. The first-order valence-electron chi connectivity index (χ1n) is 7.03. The summed E-state index contributed by atoms with van der Waals surface area (Å²) in [4.78, 5) is 13.2. The van der Waals surface area contributed by atoms with E-state index in [0.29, 0.717) is 19.7 Å². The van der Waals surface area contributed by atoms with E-state index in [1.807, 2.05) is 6.07 Å². The molecule has 0 aromatic heterocycles. The predicted octanol–water partition coefficient (Wildman–Crippen LogP) is 1.80. The molecule has 1 rings (SSSR count). The molecule has 0 atom stereocenters. The van der Waals surface area contributed by atoms with Crippen LogP contribution in [0, 0.1) is 0 Å². The van der Waals surface area contributed by atoms with Gasteiger partial charge in [0, 0.05) is 27.1 Å². The number of amides is 1. The first kappa shape index (κ1) is 18.4. The monoisotopic (exact) mass is 329 g/mol. The Bertz CT molecular complexity index is 598. The lowest BCUT2D eigenvalue weighted by atomic mass is 10.2. The number of ether oxygens (including phenoxy) is 1. The van der Waals surface area contributed by atoms with Crippen molar-refractivity contribution in [2.45, 2.75) is 32.6 Å². The Balaban J connectivity index is 2.85. The van der Waals surface area contributed by atoms with Crippen LogP contribution in [0.1, 0.15) is 26.3 Å². The summed E-state index contributed by atoms with van der Waals surface area (Å²) in [6, 6.07) is 6.73. The van der Waals surface area contributed by atoms with Crippen LogP contribution in [0.25, 0.3) is 0 Å². The number of carbonyl (C=O) groups excluding carboxylic acids is 1. The fourth-order valence-electron chi connectivity index (χ4n) is 1.70. The molecule has 0 radical (unpaired) electrons. The second-order valence-corrected chi connectivity index (χ2v) is 7.30. The highest BCUT2D eigenvalue weighted by atomic mass is 32.2. The third-order valence-corrected chi connectivity index (χ3v) is 4.65. The molecule has 0 heterocycles. The summed E-state index contributed by atoms with van der Waals surface area (Å²) in [5.41, 5.74) is 0.794. The highest BCUT2D eigenvalue weighted by Crippen LogP contribution is 2.18. The highest BCUT2D eigenvalue weighted by molar-refractivity contribution is 7.87. The summed E-state index contributed by atoms with van der Waals surface area (Å²) in [5.74, 6) is 0.180. The number of rotatable bonds is 8. The zero-order valence-electron chi connectivity index (χ0n) is 13.4. The molecule has 0 fully saturated rings. The average Bonchev–Trinajstić information content (AvgIpc) is 2.42. The maximum absolute atomic E-state index is 11.8. The first-order valence-corrected chi connectivity index (χ1v) is 8.50. The van der Waals surface area contributed by atoms with E-state index in [-0.39, 0.29) is 11.7 Å². The number of hydrogen-bond acceptors (Lipinski definition) is 5. The van der Waals surface area contributed by atoms with Crippen molar-refractivity contribution >= 4 is 16.0 Å². The minimum Gasteiger partial charge on any atom is -0.383 e. The number of carbonyl (C=O) groups is 1. The molecule has 1 aromatic rings. The van der Waals surface area contributed by atoms with E-state index in [2.05, 4.69) is 0 Å². The van der Waals surface area contributed by atoms with Gasteiger partial charge in [0.1, 0.15) is 5.75 Å². The van der Waals surface area contributed by atoms with Crippen LogP contribution in [-0.4, -0.2) is 44.7 Å². The van der Waals surface area contributed by atoms with E-state index in [0.717, 1.165) is 5.56 Å². The Morgan fingerprint density at radius 2 is 2.00 bits per heavy atom. The minimum absolute atomic E-state index is 0.0711. The minimum atomic E-state index is -3.63. The molecule has 0 spiro atoms. The van der Waals surface area contributed by atoms with Gasteiger partial charge in [0.05, 0.1) is 11.9 Å². The Hall–Kier alpha value is -1.60. The average molecular weight is 329 g/mol. The molecule has 1 aromatic carbocycles. The fraction of sp³-hybridized carbons (Fsp3) is 0.533. The molecule has 0 N–H and O–H groups in total. The van der Waals surface area contributed by atoms with Crippen molar-refractivity contribution in [1.82, 2.24) is 4.90 Å². The number of nitrogens with zero attached hydrogens (tertiary/aromatic N) is 1. The Morgan fingerprint density at radius 1 is 1.32 bits per heavy atom. The second kappa shape index (κ2) is 8.14.